The summed E-state index contributed by atoms with van der Waals surface area (Å²) in [6.45, 7) is 2.04. The van der Waals surface area contributed by atoms with Gasteiger partial charge in [0.1, 0.15) is 10.9 Å². The minimum Gasteiger partial charge on any atom is -0.321 e. The number of aryl methyl sites for hydroxylation is 1. The Bertz CT molecular complexity index is 2030. The lowest BCUT2D eigenvalue weighted by atomic mass is 10.1. The number of thiophene rings is 1. The molecule has 2 heterocycles. The Morgan fingerprint density at radius 2 is 1.50 bits per heavy atom. The minimum absolute atomic E-state index is 0.120. The number of nitrogens with one attached hydrogen (secondary N) is 3. The van der Waals surface area contributed by atoms with Gasteiger partial charge in [-0.1, -0.05) is 78.4 Å². The largest absolute Gasteiger partial charge is 0.321 e. The fourth-order valence-corrected chi connectivity index (χ4v) is 7.04. The van der Waals surface area contributed by atoms with Crippen molar-refractivity contribution in [3.8, 4) is 11.3 Å². The first-order chi connectivity index (χ1) is 23.4. The van der Waals surface area contributed by atoms with Crippen LogP contribution in [0.2, 0.25) is 0 Å². The number of anilines is 2. The highest BCUT2D eigenvalue weighted by atomic mass is 32.2. The summed E-state index contributed by atoms with van der Waals surface area (Å²) >= 11 is 4.28. The second-order valence-corrected chi connectivity index (χ2v) is 13.5. The standard InChI is InChI=1S/C38H30N4O3S3/c1-25-12-14-27(15-13-25)33-24-47-38(41-33)42-37(45)34(28-8-4-2-5-9-28)48-31-18-16-30(17-19-31)39-36(44)32(22-26-20-21-46-23-26)40-35(43)29-10-6-3-7-11-29/h2-24,34H,1H3,(H,39,44)(H,40,43)(H,41,42,45)/b32-22-. The molecule has 2 aromatic heterocycles. The molecule has 1 atom stereocenters. The van der Waals surface area contributed by atoms with E-state index in [-0.39, 0.29) is 17.5 Å². The van der Waals surface area contributed by atoms with Crippen LogP contribution in [0, 0.1) is 6.92 Å². The van der Waals surface area contributed by atoms with Gasteiger partial charge in [0, 0.05) is 27.1 Å². The van der Waals surface area contributed by atoms with Crippen molar-refractivity contribution in [2.45, 2.75) is 17.1 Å². The molecule has 0 spiro atoms. The van der Waals surface area contributed by atoms with E-state index in [1.165, 1.54) is 40.0 Å². The molecule has 6 rings (SSSR count). The first-order valence-electron chi connectivity index (χ1n) is 15.0. The number of amides is 3. The van der Waals surface area contributed by atoms with E-state index in [1.807, 2.05) is 102 Å². The molecule has 10 heteroatoms. The molecule has 7 nitrogen and oxygen atoms in total. The number of aromatic nitrogens is 1. The van der Waals surface area contributed by atoms with Gasteiger partial charge in [-0.15, -0.1) is 23.1 Å². The lowest BCUT2D eigenvalue weighted by molar-refractivity contribution is -0.116. The molecular formula is C38H30N4O3S3. The predicted molar refractivity (Wildman–Crippen MR) is 197 cm³/mol. The quantitative estimate of drug-likeness (QED) is 0.0933. The molecule has 6 aromatic rings. The lowest BCUT2D eigenvalue weighted by Gasteiger charge is -2.17. The van der Waals surface area contributed by atoms with Crippen LogP contribution in [0.5, 0.6) is 0 Å². The topological polar surface area (TPSA) is 100 Å². The molecule has 48 heavy (non-hydrogen) atoms. The van der Waals surface area contributed by atoms with Crippen LogP contribution >= 0.6 is 34.4 Å². The zero-order chi connectivity index (χ0) is 33.3. The summed E-state index contributed by atoms with van der Waals surface area (Å²) in [4.78, 5) is 45.4. The molecule has 0 saturated carbocycles. The first kappa shape index (κ1) is 32.6. The van der Waals surface area contributed by atoms with Gasteiger partial charge < -0.3 is 16.0 Å². The molecule has 1 unspecified atom stereocenters. The third-order valence-electron chi connectivity index (χ3n) is 7.17. The molecule has 0 aliphatic rings. The summed E-state index contributed by atoms with van der Waals surface area (Å²) in [5.74, 6) is -1.03. The van der Waals surface area contributed by atoms with Crippen LogP contribution in [0.4, 0.5) is 10.8 Å². The summed E-state index contributed by atoms with van der Waals surface area (Å²) in [5.41, 5.74) is 5.74. The Balaban J connectivity index is 1.15. The van der Waals surface area contributed by atoms with E-state index in [1.54, 1.807) is 42.5 Å². The Morgan fingerprint density at radius 1 is 0.792 bits per heavy atom. The molecule has 3 amide bonds. The number of hydrogen-bond donors (Lipinski definition) is 3. The second-order valence-electron chi connectivity index (χ2n) is 10.7. The van der Waals surface area contributed by atoms with Crippen LogP contribution in [0.1, 0.15) is 32.3 Å². The fourth-order valence-electron chi connectivity index (χ4n) is 4.68. The van der Waals surface area contributed by atoms with Crippen molar-refractivity contribution in [1.29, 1.82) is 0 Å². The average molecular weight is 687 g/mol. The van der Waals surface area contributed by atoms with E-state index in [9.17, 15) is 14.4 Å². The number of rotatable bonds is 11. The lowest BCUT2D eigenvalue weighted by Crippen LogP contribution is -2.30. The molecule has 238 valence electrons. The van der Waals surface area contributed by atoms with Gasteiger partial charge in [-0.3, -0.25) is 14.4 Å². The van der Waals surface area contributed by atoms with Crippen LogP contribution in [-0.4, -0.2) is 22.7 Å². The van der Waals surface area contributed by atoms with Gasteiger partial charge in [0.15, 0.2) is 5.13 Å². The summed E-state index contributed by atoms with van der Waals surface area (Å²) in [6.07, 6.45) is 1.64. The van der Waals surface area contributed by atoms with Gasteiger partial charge in [0.25, 0.3) is 11.8 Å². The maximum Gasteiger partial charge on any atom is 0.272 e. The Labute approximate surface area is 290 Å². The highest BCUT2D eigenvalue weighted by Crippen LogP contribution is 2.37. The van der Waals surface area contributed by atoms with Crippen LogP contribution in [0.25, 0.3) is 17.3 Å². The van der Waals surface area contributed by atoms with Crippen molar-refractivity contribution in [1.82, 2.24) is 10.3 Å². The molecule has 0 aliphatic heterocycles. The third kappa shape index (κ3) is 8.54. The number of thioether (sulfide) groups is 1. The second kappa shape index (κ2) is 15.5. The Kier molecular flexibility index (Phi) is 10.6. The van der Waals surface area contributed by atoms with E-state index in [0.717, 1.165) is 27.3 Å². The number of carbonyl (C=O) groups is 3. The molecular weight excluding hydrogens is 657 g/mol. The monoisotopic (exact) mass is 686 g/mol. The molecule has 4 aromatic carbocycles. The van der Waals surface area contributed by atoms with Crippen molar-refractivity contribution in [3.05, 3.63) is 159 Å². The smallest absolute Gasteiger partial charge is 0.272 e. The van der Waals surface area contributed by atoms with Crippen LogP contribution in [0.3, 0.4) is 0 Å². The zero-order valence-corrected chi connectivity index (χ0v) is 28.2. The van der Waals surface area contributed by atoms with Crippen molar-refractivity contribution >= 4 is 69.1 Å². The molecule has 0 radical (unpaired) electrons. The van der Waals surface area contributed by atoms with Crippen molar-refractivity contribution in [2.24, 2.45) is 0 Å². The molecule has 3 N–H and O–H groups in total. The van der Waals surface area contributed by atoms with E-state index in [2.05, 4.69) is 20.9 Å². The van der Waals surface area contributed by atoms with E-state index >= 15 is 0 Å². The summed E-state index contributed by atoms with van der Waals surface area (Å²) in [7, 11) is 0. The number of benzene rings is 4. The van der Waals surface area contributed by atoms with Crippen LogP contribution < -0.4 is 16.0 Å². The Hall–Kier alpha value is -5.29. The highest BCUT2D eigenvalue weighted by molar-refractivity contribution is 8.00. The molecule has 0 saturated heterocycles. The van der Waals surface area contributed by atoms with Gasteiger partial charge in [-0.25, -0.2) is 4.98 Å². The maximum absolute atomic E-state index is 13.7. The predicted octanol–water partition coefficient (Wildman–Crippen LogP) is 9.06. The molecule has 0 fully saturated rings. The number of hydrogen-bond acceptors (Lipinski definition) is 7. The number of thiazole rings is 1. The van der Waals surface area contributed by atoms with Crippen molar-refractivity contribution in [3.63, 3.8) is 0 Å². The van der Waals surface area contributed by atoms with Crippen molar-refractivity contribution in [2.75, 3.05) is 10.6 Å². The normalized spacial score (nSPS) is 11.8. The van der Waals surface area contributed by atoms with Gasteiger partial charge in [-0.05, 0) is 77.4 Å². The van der Waals surface area contributed by atoms with Gasteiger partial charge in [0.2, 0.25) is 5.91 Å². The first-order valence-corrected chi connectivity index (χ1v) is 17.7. The van der Waals surface area contributed by atoms with Gasteiger partial charge in [-0.2, -0.15) is 11.3 Å². The van der Waals surface area contributed by atoms with Crippen molar-refractivity contribution < 1.29 is 14.4 Å². The Morgan fingerprint density at radius 3 is 2.19 bits per heavy atom. The average Bonchev–Trinajstić information content (AvgIpc) is 3.81. The van der Waals surface area contributed by atoms with Gasteiger partial charge >= 0.3 is 0 Å². The molecule has 0 aliphatic carbocycles. The highest BCUT2D eigenvalue weighted by Gasteiger charge is 2.23. The van der Waals surface area contributed by atoms with E-state index < -0.39 is 11.2 Å². The summed E-state index contributed by atoms with van der Waals surface area (Å²) in [5, 5.41) is 14.4. The van der Waals surface area contributed by atoms with E-state index in [0.29, 0.717) is 16.4 Å². The van der Waals surface area contributed by atoms with Crippen LogP contribution in [-0.2, 0) is 9.59 Å². The maximum atomic E-state index is 13.7. The fraction of sp³-hybridized carbons (Fsp3) is 0.0526. The number of carbonyl (C=O) groups excluding carboxylic acids is 3. The SMILES string of the molecule is Cc1ccc(-c2csc(NC(=O)C(Sc3ccc(NC(=O)/C(=C/c4ccsc4)NC(=O)c4ccccc4)cc3)c3ccccc3)n2)cc1. The van der Waals surface area contributed by atoms with E-state index in [4.69, 9.17) is 0 Å². The summed E-state index contributed by atoms with van der Waals surface area (Å²) in [6, 6.07) is 35.6. The minimum atomic E-state index is -0.549. The number of nitrogens with zero attached hydrogens (tertiary/aromatic N) is 1. The van der Waals surface area contributed by atoms with Crippen LogP contribution in [0.15, 0.2) is 142 Å². The zero-order valence-electron chi connectivity index (χ0n) is 25.8. The molecule has 0 bridgehead atoms. The van der Waals surface area contributed by atoms with Gasteiger partial charge in [0.05, 0.1) is 5.69 Å². The summed E-state index contributed by atoms with van der Waals surface area (Å²) < 4.78 is 0. The third-order valence-corrected chi connectivity index (χ3v) is 9.90.